The number of piperidine rings is 1. The SMILES string of the molecule is C[C@H]1CN(Cc2ccccc2)C[C@H](C)C1Br. The molecule has 0 unspecified atom stereocenters. The van der Waals surface area contributed by atoms with Gasteiger partial charge in [-0.15, -0.1) is 0 Å². The van der Waals surface area contributed by atoms with E-state index in [2.05, 4.69) is 65.0 Å². The van der Waals surface area contributed by atoms with Crippen LogP contribution in [0.3, 0.4) is 0 Å². The van der Waals surface area contributed by atoms with E-state index < -0.39 is 0 Å². The van der Waals surface area contributed by atoms with Crippen molar-refractivity contribution >= 4 is 15.9 Å². The maximum absolute atomic E-state index is 3.81. The summed E-state index contributed by atoms with van der Waals surface area (Å²) in [5, 5.41) is 0. The highest BCUT2D eigenvalue weighted by atomic mass is 79.9. The van der Waals surface area contributed by atoms with Crippen molar-refractivity contribution in [2.75, 3.05) is 13.1 Å². The summed E-state index contributed by atoms with van der Waals surface area (Å²) >= 11 is 3.81. The molecule has 2 atom stereocenters. The van der Waals surface area contributed by atoms with Crippen LogP contribution in [0.4, 0.5) is 0 Å². The molecule has 1 nitrogen and oxygen atoms in total. The Labute approximate surface area is 107 Å². The largest absolute Gasteiger partial charge is 0.298 e. The van der Waals surface area contributed by atoms with E-state index in [0.717, 1.165) is 18.4 Å². The molecule has 2 rings (SSSR count). The molecule has 1 fully saturated rings. The fourth-order valence-electron chi connectivity index (χ4n) is 2.62. The Morgan fingerprint density at radius 2 is 1.69 bits per heavy atom. The zero-order chi connectivity index (χ0) is 11.5. The zero-order valence-electron chi connectivity index (χ0n) is 10.1. The van der Waals surface area contributed by atoms with Crippen LogP contribution in [0.25, 0.3) is 0 Å². The minimum atomic E-state index is 0.680. The number of hydrogen-bond donors (Lipinski definition) is 0. The van der Waals surface area contributed by atoms with Crippen molar-refractivity contribution < 1.29 is 0 Å². The molecule has 0 radical (unpaired) electrons. The second kappa shape index (κ2) is 5.33. The number of likely N-dealkylation sites (tertiary alicyclic amines) is 1. The highest BCUT2D eigenvalue weighted by Crippen LogP contribution is 2.28. The number of rotatable bonds is 2. The van der Waals surface area contributed by atoms with E-state index in [1.165, 1.54) is 18.7 Å². The van der Waals surface area contributed by atoms with Crippen molar-refractivity contribution in [2.24, 2.45) is 11.8 Å². The van der Waals surface area contributed by atoms with Crippen LogP contribution in [0.1, 0.15) is 19.4 Å². The molecular weight excluding hydrogens is 262 g/mol. The van der Waals surface area contributed by atoms with Gasteiger partial charge in [-0.2, -0.15) is 0 Å². The fraction of sp³-hybridized carbons (Fsp3) is 0.571. The minimum Gasteiger partial charge on any atom is -0.298 e. The average Bonchev–Trinajstić information content (AvgIpc) is 2.27. The van der Waals surface area contributed by atoms with E-state index in [9.17, 15) is 0 Å². The maximum atomic E-state index is 3.81. The van der Waals surface area contributed by atoms with Gasteiger partial charge >= 0.3 is 0 Å². The van der Waals surface area contributed by atoms with Crippen LogP contribution in [0, 0.1) is 11.8 Å². The predicted octanol–water partition coefficient (Wildman–Crippen LogP) is 3.54. The van der Waals surface area contributed by atoms with Gasteiger partial charge in [0.15, 0.2) is 0 Å². The van der Waals surface area contributed by atoms with Gasteiger partial charge in [0, 0.05) is 24.5 Å². The van der Waals surface area contributed by atoms with E-state index in [1.807, 2.05) is 0 Å². The first-order valence-corrected chi connectivity index (χ1v) is 6.98. The second-order valence-electron chi connectivity index (χ2n) is 5.08. The molecule has 1 aliphatic heterocycles. The Balaban J connectivity index is 1.97. The summed E-state index contributed by atoms with van der Waals surface area (Å²) in [6.45, 7) is 8.18. The fourth-order valence-corrected chi connectivity index (χ4v) is 2.96. The molecule has 0 aromatic heterocycles. The van der Waals surface area contributed by atoms with E-state index in [0.29, 0.717) is 4.83 Å². The number of benzene rings is 1. The number of hydrogen-bond acceptors (Lipinski definition) is 1. The second-order valence-corrected chi connectivity index (χ2v) is 6.14. The third-order valence-corrected chi connectivity index (χ3v) is 5.23. The molecule has 0 N–H and O–H groups in total. The zero-order valence-corrected chi connectivity index (χ0v) is 11.7. The summed E-state index contributed by atoms with van der Waals surface area (Å²) in [5.41, 5.74) is 1.43. The van der Waals surface area contributed by atoms with Gasteiger partial charge in [-0.1, -0.05) is 60.1 Å². The van der Waals surface area contributed by atoms with Gasteiger partial charge in [-0.25, -0.2) is 0 Å². The molecule has 0 amide bonds. The minimum absolute atomic E-state index is 0.680. The first kappa shape index (κ1) is 12.1. The average molecular weight is 282 g/mol. The van der Waals surface area contributed by atoms with Crippen LogP contribution < -0.4 is 0 Å². The van der Waals surface area contributed by atoms with Crippen LogP contribution in [-0.4, -0.2) is 22.8 Å². The summed E-state index contributed by atoms with van der Waals surface area (Å²) in [7, 11) is 0. The molecule has 1 heterocycles. The molecule has 0 saturated carbocycles. The lowest BCUT2D eigenvalue weighted by Crippen LogP contribution is -2.44. The highest BCUT2D eigenvalue weighted by molar-refractivity contribution is 9.09. The van der Waals surface area contributed by atoms with Crippen LogP contribution in [0.15, 0.2) is 30.3 Å². The lowest BCUT2D eigenvalue weighted by atomic mass is 9.91. The molecule has 1 saturated heterocycles. The van der Waals surface area contributed by atoms with E-state index >= 15 is 0 Å². The molecule has 0 spiro atoms. The van der Waals surface area contributed by atoms with E-state index in [1.54, 1.807) is 0 Å². The van der Waals surface area contributed by atoms with Gasteiger partial charge in [0.2, 0.25) is 0 Å². The Hall–Kier alpha value is -0.340. The quantitative estimate of drug-likeness (QED) is 0.750. The topological polar surface area (TPSA) is 3.24 Å². The molecule has 0 aliphatic carbocycles. The maximum Gasteiger partial charge on any atom is 0.0233 e. The molecule has 1 aromatic carbocycles. The van der Waals surface area contributed by atoms with Gasteiger partial charge in [-0.05, 0) is 17.4 Å². The smallest absolute Gasteiger partial charge is 0.0233 e. The van der Waals surface area contributed by atoms with Gasteiger partial charge in [0.25, 0.3) is 0 Å². The number of alkyl halides is 1. The molecular formula is C14H20BrN. The summed E-state index contributed by atoms with van der Waals surface area (Å²) in [5.74, 6) is 1.49. The first-order chi connectivity index (χ1) is 7.66. The van der Waals surface area contributed by atoms with Crippen molar-refractivity contribution in [2.45, 2.75) is 25.2 Å². The molecule has 2 heteroatoms. The van der Waals surface area contributed by atoms with E-state index in [-0.39, 0.29) is 0 Å². The summed E-state index contributed by atoms with van der Waals surface area (Å²) in [6, 6.07) is 10.8. The van der Waals surface area contributed by atoms with Crippen molar-refractivity contribution in [1.29, 1.82) is 0 Å². The molecule has 16 heavy (non-hydrogen) atoms. The Morgan fingerprint density at radius 3 is 2.25 bits per heavy atom. The van der Waals surface area contributed by atoms with Crippen LogP contribution in [-0.2, 0) is 6.54 Å². The normalized spacial score (nSPS) is 28.2. The first-order valence-electron chi connectivity index (χ1n) is 6.07. The van der Waals surface area contributed by atoms with Gasteiger partial charge in [0.1, 0.15) is 0 Å². The Kier molecular flexibility index (Phi) is 4.04. The van der Waals surface area contributed by atoms with Crippen LogP contribution in [0.2, 0.25) is 0 Å². The molecule has 88 valence electrons. The van der Waals surface area contributed by atoms with Crippen LogP contribution >= 0.6 is 15.9 Å². The van der Waals surface area contributed by atoms with Crippen molar-refractivity contribution in [3.63, 3.8) is 0 Å². The number of nitrogens with zero attached hydrogens (tertiary/aromatic N) is 1. The van der Waals surface area contributed by atoms with Gasteiger partial charge in [0.05, 0.1) is 0 Å². The summed E-state index contributed by atoms with van der Waals surface area (Å²) in [6.07, 6.45) is 0. The monoisotopic (exact) mass is 281 g/mol. The highest BCUT2D eigenvalue weighted by Gasteiger charge is 2.29. The summed E-state index contributed by atoms with van der Waals surface area (Å²) < 4.78 is 0. The Morgan fingerprint density at radius 1 is 1.12 bits per heavy atom. The van der Waals surface area contributed by atoms with Crippen molar-refractivity contribution in [1.82, 2.24) is 4.90 Å². The molecule has 0 bridgehead atoms. The van der Waals surface area contributed by atoms with Gasteiger partial charge in [-0.3, -0.25) is 4.90 Å². The third-order valence-electron chi connectivity index (χ3n) is 3.43. The lowest BCUT2D eigenvalue weighted by molar-refractivity contribution is 0.143. The predicted molar refractivity (Wildman–Crippen MR) is 72.8 cm³/mol. The summed E-state index contributed by atoms with van der Waals surface area (Å²) in [4.78, 5) is 3.25. The molecule has 1 aliphatic rings. The number of halogens is 1. The third kappa shape index (κ3) is 2.86. The van der Waals surface area contributed by atoms with Crippen LogP contribution in [0.5, 0.6) is 0 Å². The molecule has 1 aromatic rings. The van der Waals surface area contributed by atoms with E-state index in [4.69, 9.17) is 0 Å². The standard InChI is InChI=1S/C14H20BrN/c1-11-8-16(9-12(2)14(11)15)10-13-6-4-3-5-7-13/h3-7,11-12,14H,8-10H2,1-2H3/t11-,12-/m0/s1. The Bertz CT molecular complexity index is 313. The van der Waals surface area contributed by atoms with Crippen molar-refractivity contribution in [3.8, 4) is 0 Å². The van der Waals surface area contributed by atoms with Gasteiger partial charge < -0.3 is 0 Å². The lowest BCUT2D eigenvalue weighted by Gasteiger charge is -2.38. The van der Waals surface area contributed by atoms with Crippen molar-refractivity contribution in [3.05, 3.63) is 35.9 Å².